The Hall–Kier alpha value is -3.45. The number of rotatable bonds is 12. The van der Waals surface area contributed by atoms with Gasteiger partial charge in [0.25, 0.3) is 5.91 Å². The molecule has 0 aromatic carbocycles. The number of thiazole rings is 1. The Kier molecular flexibility index (Phi) is 8.64. The fourth-order valence-electron chi connectivity index (χ4n) is 4.68. The lowest BCUT2D eigenvalue weighted by atomic mass is 9.89. The maximum atomic E-state index is 13.2. The molecule has 2 aliphatic heterocycles. The molecule has 19 heteroatoms. The molecule has 2 aromatic heterocycles. The molecular weight excluding hydrogens is 598 g/mol. The number of nitrogens with two attached hydrogens (primary N) is 1. The van der Waals surface area contributed by atoms with E-state index in [1.54, 1.807) is 5.38 Å². The van der Waals surface area contributed by atoms with Crippen molar-refractivity contribution in [2.24, 2.45) is 10.6 Å². The second-order valence-electron chi connectivity index (χ2n) is 9.84. The third-order valence-corrected chi connectivity index (χ3v) is 10.5. The summed E-state index contributed by atoms with van der Waals surface area (Å²) in [6.45, 7) is -0.0265. The van der Waals surface area contributed by atoms with Crippen LogP contribution in [0.15, 0.2) is 15.7 Å². The molecule has 2 amide bonds. The molecule has 16 nitrogen and oxygen atoms in total. The first-order valence-corrected chi connectivity index (χ1v) is 15.6. The Labute approximate surface area is 245 Å². The highest BCUT2D eigenvalue weighted by Gasteiger charge is 2.57. The quantitative estimate of drug-likeness (QED) is 0.106. The zero-order valence-corrected chi connectivity index (χ0v) is 24.0. The first-order chi connectivity index (χ1) is 19.7. The third-order valence-electron chi connectivity index (χ3n) is 6.97. The lowest BCUT2D eigenvalue weighted by Gasteiger charge is -2.53. The molecule has 2 unspecified atom stereocenters. The highest BCUT2D eigenvalue weighted by atomic mass is 32.2. The van der Waals surface area contributed by atoms with Crippen LogP contribution in [-0.4, -0.2) is 105 Å². The van der Waals surface area contributed by atoms with Crippen LogP contribution in [0.25, 0.3) is 0 Å². The normalized spacial score (nSPS) is 24.5. The summed E-state index contributed by atoms with van der Waals surface area (Å²) in [6.07, 6.45) is 3.45. The highest BCUT2D eigenvalue weighted by molar-refractivity contribution is 8.00. The Morgan fingerprint density at radius 3 is 2.76 bits per heavy atom. The molecular formula is C22H27N9O7S3. The molecule has 1 aliphatic carbocycles. The van der Waals surface area contributed by atoms with E-state index in [0.29, 0.717) is 0 Å². The Bertz CT molecular complexity index is 1360. The van der Waals surface area contributed by atoms with Crippen LogP contribution in [0, 0.1) is 5.41 Å². The minimum Gasteiger partial charge on any atom is -0.481 e. The van der Waals surface area contributed by atoms with Crippen molar-refractivity contribution in [1.82, 2.24) is 35.4 Å². The summed E-state index contributed by atoms with van der Waals surface area (Å²) in [6, 6.07) is -0.872. The zero-order chi connectivity index (χ0) is 29.1. The monoisotopic (exact) mass is 625 g/mol. The summed E-state index contributed by atoms with van der Waals surface area (Å²) >= 11 is 3.49. The van der Waals surface area contributed by atoms with Gasteiger partial charge in [-0.1, -0.05) is 16.9 Å². The fourth-order valence-corrected chi connectivity index (χ4v) is 7.99. The number of nitrogens with one attached hydrogen (secondary N) is 1. The van der Waals surface area contributed by atoms with E-state index >= 15 is 0 Å². The molecule has 3 fully saturated rings. The second kappa shape index (κ2) is 12.2. The number of β-lactam (4-membered cyclic amide) rings is 1. The molecule has 4 heterocycles. The second-order valence-corrected chi connectivity index (χ2v) is 12.8. The number of tetrazole rings is 1. The van der Waals surface area contributed by atoms with Gasteiger partial charge in [-0.15, -0.1) is 28.2 Å². The van der Waals surface area contributed by atoms with Gasteiger partial charge in [-0.25, -0.2) is 9.67 Å². The summed E-state index contributed by atoms with van der Waals surface area (Å²) in [7, 11) is 0. The van der Waals surface area contributed by atoms with E-state index in [2.05, 4.69) is 31.0 Å². The maximum Gasteiger partial charge on any atom is 0.313 e. The lowest BCUT2D eigenvalue weighted by molar-refractivity contribution is -0.157. The van der Waals surface area contributed by atoms with Gasteiger partial charge in [0.15, 0.2) is 10.8 Å². The molecule has 0 radical (unpaired) electrons. The van der Waals surface area contributed by atoms with Crippen LogP contribution in [0.1, 0.15) is 37.8 Å². The lowest BCUT2D eigenvalue weighted by Crippen LogP contribution is -2.74. The van der Waals surface area contributed by atoms with Gasteiger partial charge in [0.2, 0.25) is 11.1 Å². The standard InChI is InChI=1S/C22H27N9O7S3/c23-20-24-12(7-39-20)14(27-38-11-3-1-2-4-11)16(34)25-15-17(35)30-8-22(19(36)37,9-40-18(15)30)10-41-21-26-28-29-31(21)6-5-13(32)33/h7,11,15,18H,1-6,8-10H2,(H2,23,24)(H,25,34)(H,32,33)(H,36,37)/t15?,18-,22?/m1/s1. The largest absolute Gasteiger partial charge is 0.481 e. The number of nitrogens with zero attached hydrogens (tertiary/aromatic N) is 7. The number of amides is 2. The molecule has 1 saturated carbocycles. The van der Waals surface area contributed by atoms with E-state index in [9.17, 15) is 24.3 Å². The van der Waals surface area contributed by atoms with Crippen molar-refractivity contribution in [3.63, 3.8) is 0 Å². The van der Waals surface area contributed by atoms with Crippen molar-refractivity contribution in [1.29, 1.82) is 0 Å². The number of aryl methyl sites for hydroxylation is 1. The third kappa shape index (κ3) is 6.25. The number of aromatic nitrogens is 5. The molecule has 2 saturated heterocycles. The molecule has 2 aromatic rings. The van der Waals surface area contributed by atoms with Crippen molar-refractivity contribution in [2.45, 2.75) is 61.3 Å². The molecule has 5 N–H and O–H groups in total. The molecule has 41 heavy (non-hydrogen) atoms. The van der Waals surface area contributed by atoms with Crippen molar-refractivity contribution in [3.05, 3.63) is 11.1 Å². The molecule has 0 spiro atoms. The summed E-state index contributed by atoms with van der Waals surface area (Å²) in [4.78, 5) is 60.8. The minimum absolute atomic E-state index is 0.0397. The van der Waals surface area contributed by atoms with Crippen molar-refractivity contribution < 1.29 is 34.2 Å². The van der Waals surface area contributed by atoms with Crippen molar-refractivity contribution in [3.8, 4) is 0 Å². The summed E-state index contributed by atoms with van der Waals surface area (Å²) < 4.78 is 1.30. The van der Waals surface area contributed by atoms with Crippen LogP contribution in [0.4, 0.5) is 5.13 Å². The van der Waals surface area contributed by atoms with Crippen molar-refractivity contribution in [2.75, 3.05) is 23.8 Å². The van der Waals surface area contributed by atoms with Crippen LogP contribution in [0.3, 0.4) is 0 Å². The van der Waals surface area contributed by atoms with Gasteiger partial charge >= 0.3 is 11.9 Å². The first kappa shape index (κ1) is 29.1. The smallest absolute Gasteiger partial charge is 0.313 e. The number of oxime groups is 1. The number of carbonyl (C=O) groups excluding carboxylic acids is 2. The number of carboxylic acid groups (broad SMARTS) is 2. The van der Waals surface area contributed by atoms with Gasteiger partial charge in [-0.2, -0.15) is 0 Å². The van der Waals surface area contributed by atoms with Crippen LogP contribution in [0.2, 0.25) is 0 Å². The van der Waals surface area contributed by atoms with Gasteiger partial charge in [0.05, 0.1) is 13.0 Å². The van der Waals surface area contributed by atoms with E-state index in [1.807, 2.05) is 0 Å². The molecule has 5 rings (SSSR count). The van der Waals surface area contributed by atoms with Crippen LogP contribution >= 0.6 is 34.9 Å². The van der Waals surface area contributed by atoms with E-state index < -0.39 is 40.6 Å². The number of hydrogen-bond donors (Lipinski definition) is 4. The van der Waals surface area contributed by atoms with Crippen LogP contribution < -0.4 is 11.1 Å². The predicted octanol–water partition coefficient (Wildman–Crippen LogP) is 0.113. The first-order valence-electron chi connectivity index (χ1n) is 12.7. The maximum absolute atomic E-state index is 13.2. The predicted molar refractivity (Wildman–Crippen MR) is 147 cm³/mol. The van der Waals surface area contributed by atoms with Crippen LogP contribution in [0.5, 0.6) is 0 Å². The summed E-state index contributed by atoms with van der Waals surface area (Å²) in [5.41, 5.74) is 4.62. The number of carboxylic acids is 2. The average molecular weight is 626 g/mol. The van der Waals surface area contributed by atoms with E-state index in [-0.39, 0.29) is 58.8 Å². The summed E-state index contributed by atoms with van der Waals surface area (Å²) in [5.74, 6) is -2.92. The SMILES string of the molecule is Nc1nc(C(=NOC2CCCC2)C(=O)NC2C(=O)N3CC(CSc4nnnn4CCC(=O)O)(C(=O)O)CS[C@H]23)cs1. The number of nitrogen functional groups attached to an aromatic ring is 1. The van der Waals surface area contributed by atoms with Gasteiger partial charge in [0, 0.05) is 23.4 Å². The van der Waals surface area contributed by atoms with E-state index in [0.717, 1.165) is 48.8 Å². The minimum atomic E-state index is -1.31. The Balaban J connectivity index is 1.23. The molecule has 0 bridgehead atoms. The average Bonchev–Trinajstić information content (AvgIpc) is 3.72. The number of thioether (sulfide) groups is 2. The van der Waals surface area contributed by atoms with Gasteiger partial charge in [-0.3, -0.25) is 19.2 Å². The summed E-state index contributed by atoms with van der Waals surface area (Å²) in [5, 5.41) is 38.7. The highest BCUT2D eigenvalue weighted by Crippen LogP contribution is 2.44. The zero-order valence-electron chi connectivity index (χ0n) is 21.5. The molecule has 3 atom stereocenters. The van der Waals surface area contributed by atoms with E-state index in [1.165, 1.54) is 21.3 Å². The van der Waals surface area contributed by atoms with Gasteiger partial charge in [-0.05, 0) is 36.1 Å². The number of hydrogen-bond acceptors (Lipinski definition) is 14. The van der Waals surface area contributed by atoms with Gasteiger partial charge in [0.1, 0.15) is 28.6 Å². The topological polar surface area (TPSA) is 228 Å². The van der Waals surface area contributed by atoms with Crippen molar-refractivity contribution >= 4 is 69.5 Å². The van der Waals surface area contributed by atoms with E-state index in [4.69, 9.17) is 15.7 Å². The number of fused-ring (bicyclic) bond motifs is 1. The molecule has 220 valence electrons. The fraction of sp³-hybridized carbons (Fsp3) is 0.591. The molecule has 3 aliphatic rings. The Morgan fingerprint density at radius 2 is 2.07 bits per heavy atom. The number of carbonyl (C=O) groups is 4. The number of aliphatic carboxylic acids is 2. The van der Waals surface area contributed by atoms with Gasteiger partial charge < -0.3 is 31.0 Å². The van der Waals surface area contributed by atoms with Crippen LogP contribution in [-0.2, 0) is 30.6 Å². The number of anilines is 1. The Morgan fingerprint density at radius 1 is 1.29 bits per heavy atom.